The molecule has 7 nitrogen and oxygen atoms in total. The van der Waals surface area contributed by atoms with Crippen LogP contribution in [-0.2, 0) is 19.1 Å². The minimum atomic E-state index is -0.246. The average molecular weight is 390 g/mol. The maximum Gasteiger partial charge on any atom is 0.310 e. The van der Waals surface area contributed by atoms with Gasteiger partial charge in [-0.3, -0.25) is 14.4 Å². The summed E-state index contributed by atoms with van der Waals surface area (Å²) < 4.78 is 5.07. The van der Waals surface area contributed by atoms with Crippen LogP contribution in [0.2, 0.25) is 0 Å². The topological polar surface area (TPSA) is 79.0 Å². The number of ether oxygens (including phenoxy) is 1. The summed E-state index contributed by atoms with van der Waals surface area (Å²) in [6.07, 6.45) is 3.17. The fraction of sp³-hybridized carbons (Fsp3) is 0.833. The zero-order valence-corrected chi connectivity index (χ0v) is 16.8. The van der Waals surface area contributed by atoms with Gasteiger partial charge in [-0.2, -0.15) is 0 Å². The Labute approximate surface area is 162 Å². The molecule has 26 heavy (non-hydrogen) atoms. The van der Waals surface area contributed by atoms with E-state index in [1.54, 1.807) is 23.8 Å². The number of carbonyl (C=O) groups is 3. The van der Waals surface area contributed by atoms with E-state index in [4.69, 9.17) is 4.74 Å². The zero-order valence-electron chi connectivity index (χ0n) is 16.0. The van der Waals surface area contributed by atoms with Crippen LogP contribution in [0.3, 0.4) is 0 Å². The summed E-state index contributed by atoms with van der Waals surface area (Å²) in [5, 5.41) is 3.33. The van der Waals surface area contributed by atoms with E-state index in [0.29, 0.717) is 25.7 Å². The van der Waals surface area contributed by atoms with Crippen molar-refractivity contribution in [2.24, 2.45) is 11.8 Å². The van der Waals surface area contributed by atoms with E-state index in [-0.39, 0.29) is 48.6 Å². The first-order chi connectivity index (χ1) is 11.9. The summed E-state index contributed by atoms with van der Waals surface area (Å²) >= 11 is 0. The van der Waals surface area contributed by atoms with E-state index >= 15 is 0 Å². The van der Waals surface area contributed by atoms with Gasteiger partial charge in [0.25, 0.3) is 0 Å². The van der Waals surface area contributed by atoms with Crippen LogP contribution in [0.5, 0.6) is 0 Å². The highest BCUT2D eigenvalue weighted by molar-refractivity contribution is 5.86. The van der Waals surface area contributed by atoms with Crippen molar-refractivity contribution < 1.29 is 19.1 Å². The van der Waals surface area contributed by atoms with Crippen molar-refractivity contribution in [3.63, 3.8) is 0 Å². The molecule has 0 aromatic carbocycles. The highest BCUT2D eigenvalue weighted by Gasteiger charge is 2.32. The number of likely N-dealkylation sites (N-methyl/N-ethyl adjacent to an activating group) is 1. The third-order valence-electron chi connectivity index (χ3n) is 5.12. The molecule has 2 amide bonds. The lowest BCUT2D eigenvalue weighted by atomic mass is 9.92. The molecule has 2 aliphatic heterocycles. The van der Waals surface area contributed by atoms with Gasteiger partial charge in [0.15, 0.2) is 0 Å². The van der Waals surface area contributed by atoms with Crippen molar-refractivity contribution in [3.05, 3.63) is 0 Å². The fourth-order valence-electron chi connectivity index (χ4n) is 3.70. The van der Waals surface area contributed by atoms with Crippen LogP contribution in [0.25, 0.3) is 0 Å². The number of carbonyl (C=O) groups excluding carboxylic acids is 3. The summed E-state index contributed by atoms with van der Waals surface area (Å²) in [5.41, 5.74) is 0. The Hall–Kier alpha value is -1.34. The van der Waals surface area contributed by atoms with Crippen molar-refractivity contribution >= 4 is 30.2 Å². The molecule has 0 spiro atoms. The highest BCUT2D eigenvalue weighted by Crippen LogP contribution is 2.20. The molecule has 2 fully saturated rings. The number of halogens is 1. The lowest BCUT2D eigenvalue weighted by molar-refractivity contribution is -0.152. The second-order valence-electron chi connectivity index (χ2n) is 7.20. The number of nitrogens with one attached hydrogen (secondary N) is 1. The quantitative estimate of drug-likeness (QED) is 0.711. The fourth-order valence-corrected chi connectivity index (χ4v) is 3.70. The predicted molar refractivity (Wildman–Crippen MR) is 101 cm³/mol. The highest BCUT2D eigenvalue weighted by atomic mass is 35.5. The number of likely N-dealkylation sites (tertiary alicyclic amines) is 1. The monoisotopic (exact) mass is 389 g/mol. The van der Waals surface area contributed by atoms with Gasteiger partial charge in [-0.05, 0) is 46.1 Å². The number of esters is 1. The first kappa shape index (κ1) is 22.7. The molecule has 3 atom stereocenters. The van der Waals surface area contributed by atoms with Crippen LogP contribution in [0, 0.1) is 11.8 Å². The zero-order chi connectivity index (χ0) is 18.4. The molecule has 150 valence electrons. The summed E-state index contributed by atoms with van der Waals surface area (Å²) in [6.45, 7) is 6.17. The molecule has 1 unspecified atom stereocenters. The molecule has 1 N–H and O–H groups in total. The van der Waals surface area contributed by atoms with E-state index in [1.807, 2.05) is 0 Å². The second-order valence-corrected chi connectivity index (χ2v) is 7.20. The molecule has 2 aliphatic rings. The van der Waals surface area contributed by atoms with Gasteiger partial charge in [0.1, 0.15) is 0 Å². The summed E-state index contributed by atoms with van der Waals surface area (Å²) in [4.78, 5) is 40.3. The molecule has 8 heteroatoms. The largest absolute Gasteiger partial charge is 0.466 e. The van der Waals surface area contributed by atoms with Crippen molar-refractivity contribution in [3.8, 4) is 0 Å². The normalized spacial score (nSPS) is 25.8. The molecule has 2 saturated heterocycles. The predicted octanol–water partition coefficient (Wildman–Crippen LogP) is 1.06. The Kier molecular flexibility index (Phi) is 9.36. The van der Waals surface area contributed by atoms with Crippen molar-refractivity contribution in [2.45, 2.75) is 45.6 Å². The van der Waals surface area contributed by atoms with Gasteiger partial charge >= 0.3 is 5.97 Å². The maximum absolute atomic E-state index is 12.6. The van der Waals surface area contributed by atoms with Gasteiger partial charge in [0, 0.05) is 32.1 Å². The van der Waals surface area contributed by atoms with Gasteiger partial charge in [0.2, 0.25) is 11.8 Å². The molecule has 0 saturated carbocycles. The smallest absolute Gasteiger partial charge is 0.310 e. The Morgan fingerprint density at radius 1 is 1.23 bits per heavy atom. The van der Waals surface area contributed by atoms with E-state index in [0.717, 1.165) is 32.2 Å². The Bertz CT molecular complexity index is 503. The molecule has 2 heterocycles. The summed E-state index contributed by atoms with van der Waals surface area (Å²) in [5.74, 6) is -0.535. The number of rotatable bonds is 5. The van der Waals surface area contributed by atoms with Crippen LogP contribution >= 0.6 is 12.4 Å². The van der Waals surface area contributed by atoms with Crippen LogP contribution in [-0.4, -0.2) is 73.5 Å². The van der Waals surface area contributed by atoms with Gasteiger partial charge in [-0.1, -0.05) is 0 Å². The average Bonchev–Trinajstić information content (AvgIpc) is 2.61. The Balaban J connectivity index is 0.00000338. The maximum atomic E-state index is 12.6. The molecule has 0 bridgehead atoms. The van der Waals surface area contributed by atoms with E-state index in [9.17, 15) is 14.4 Å². The third kappa shape index (κ3) is 6.13. The van der Waals surface area contributed by atoms with Gasteiger partial charge in [-0.25, -0.2) is 0 Å². The van der Waals surface area contributed by atoms with Crippen LogP contribution in [0.4, 0.5) is 0 Å². The van der Waals surface area contributed by atoms with Gasteiger partial charge < -0.3 is 19.9 Å². The van der Waals surface area contributed by atoms with E-state index in [2.05, 4.69) is 12.2 Å². The number of nitrogens with zero attached hydrogens (tertiary/aromatic N) is 2. The first-order valence-electron chi connectivity index (χ1n) is 9.35. The lowest BCUT2D eigenvalue weighted by Crippen LogP contribution is -2.49. The minimum Gasteiger partial charge on any atom is -0.466 e. The van der Waals surface area contributed by atoms with Crippen LogP contribution < -0.4 is 5.32 Å². The van der Waals surface area contributed by atoms with Gasteiger partial charge in [-0.15, -0.1) is 12.4 Å². The van der Waals surface area contributed by atoms with Gasteiger partial charge in [0.05, 0.1) is 19.1 Å². The van der Waals surface area contributed by atoms with Crippen LogP contribution in [0.1, 0.15) is 39.5 Å². The Morgan fingerprint density at radius 2 is 1.96 bits per heavy atom. The molecular formula is C18H32ClN3O4. The number of piperidine rings is 2. The van der Waals surface area contributed by atoms with Crippen molar-refractivity contribution in [1.82, 2.24) is 15.1 Å². The SMILES string of the molecule is CCOC(=O)C1CCCN(C(=O)CN(C)C(=O)[C@H]2CCN[C@@H](C)C2)C1.Cl. The van der Waals surface area contributed by atoms with Crippen molar-refractivity contribution in [2.75, 3.05) is 39.8 Å². The molecule has 0 aliphatic carbocycles. The standard InChI is InChI=1S/C18H31N3O4.ClH/c1-4-25-18(24)15-6-5-9-21(11-15)16(22)12-20(3)17(23)14-7-8-19-13(2)10-14;/h13-15,19H,4-12H2,1-3H3;1H/t13-,14-,15?;/m0./s1. The number of amides is 2. The molecule has 2 rings (SSSR count). The Morgan fingerprint density at radius 3 is 2.62 bits per heavy atom. The lowest BCUT2D eigenvalue weighted by Gasteiger charge is -2.34. The van der Waals surface area contributed by atoms with E-state index in [1.165, 1.54) is 0 Å². The van der Waals surface area contributed by atoms with Crippen molar-refractivity contribution in [1.29, 1.82) is 0 Å². The number of hydrogen-bond acceptors (Lipinski definition) is 5. The summed E-state index contributed by atoms with van der Waals surface area (Å²) in [6, 6.07) is 0.333. The van der Waals surface area contributed by atoms with E-state index < -0.39 is 0 Å². The first-order valence-corrected chi connectivity index (χ1v) is 9.35. The van der Waals surface area contributed by atoms with Crippen LogP contribution in [0.15, 0.2) is 0 Å². The molecular weight excluding hydrogens is 358 g/mol. The number of hydrogen-bond donors (Lipinski definition) is 1. The molecule has 0 radical (unpaired) electrons. The molecule has 0 aromatic heterocycles. The second kappa shape index (κ2) is 10.7. The minimum absolute atomic E-state index is 0. The summed E-state index contributed by atoms with van der Waals surface area (Å²) in [7, 11) is 1.69. The third-order valence-corrected chi connectivity index (χ3v) is 5.12. The molecule has 0 aromatic rings.